The van der Waals surface area contributed by atoms with Crippen LogP contribution in [0.3, 0.4) is 0 Å². The number of aromatic nitrogens is 3. The molecule has 28 heavy (non-hydrogen) atoms. The molecule has 0 unspecified atom stereocenters. The van der Waals surface area contributed by atoms with Crippen molar-refractivity contribution in [3.63, 3.8) is 0 Å². The zero-order valence-corrected chi connectivity index (χ0v) is 15.9. The number of hydrogen-bond donors (Lipinski definition) is 0. The lowest BCUT2D eigenvalue weighted by Crippen LogP contribution is -2.24. The predicted octanol–water partition coefficient (Wildman–Crippen LogP) is 4.22. The van der Waals surface area contributed by atoms with Gasteiger partial charge in [0, 0.05) is 50.2 Å². The average Bonchev–Trinajstić information content (AvgIpc) is 2.74. The molecule has 0 N–H and O–H groups in total. The first-order chi connectivity index (χ1) is 13.7. The first kappa shape index (κ1) is 19.6. The Morgan fingerprint density at radius 1 is 0.857 bits per heavy atom. The van der Waals surface area contributed by atoms with Crippen molar-refractivity contribution in [1.82, 2.24) is 19.9 Å². The summed E-state index contributed by atoms with van der Waals surface area (Å²) in [7, 11) is 0. The lowest BCUT2D eigenvalue weighted by molar-refractivity contribution is 0.0983. The first-order valence-electron chi connectivity index (χ1n) is 9.36. The third-order valence-corrected chi connectivity index (χ3v) is 4.33. The molecule has 0 aliphatic heterocycles. The summed E-state index contributed by atoms with van der Waals surface area (Å²) in [6.45, 7) is 5.69. The third-order valence-electron chi connectivity index (χ3n) is 4.33. The minimum atomic E-state index is 0.0952. The Hall–Kier alpha value is -3.18. The van der Waals surface area contributed by atoms with Crippen LogP contribution in [0.4, 0.5) is 0 Å². The van der Waals surface area contributed by atoms with Crippen molar-refractivity contribution >= 4 is 5.78 Å². The topological polar surface area (TPSA) is 59.0 Å². The molecule has 3 rings (SSSR count). The van der Waals surface area contributed by atoms with Crippen molar-refractivity contribution in [2.75, 3.05) is 0 Å². The van der Waals surface area contributed by atoms with Gasteiger partial charge in [-0.2, -0.15) is 0 Å². The van der Waals surface area contributed by atoms with Gasteiger partial charge >= 0.3 is 0 Å². The number of hydrogen-bond acceptors (Lipinski definition) is 5. The van der Waals surface area contributed by atoms with E-state index in [0.29, 0.717) is 38.0 Å². The molecule has 0 saturated heterocycles. The van der Waals surface area contributed by atoms with Crippen LogP contribution in [0.25, 0.3) is 0 Å². The molecule has 0 atom stereocenters. The second-order valence-electron chi connectivity index (χ2n) is 6.58. The molecule has 3 aromatic rings. The van der Waals surface area contributed by atoms with Gasteiger partial charge in [0.15, 0.2) is 5.78 Å². The Balaban J connectivity index is 1.71. The standard InChI is InChI=1S/C23H24N4O/c1-2-3-10-23(28)19-11-12-22(26-15-19)18-27(16-20-8-4-6-13-24-20)17-21-9-5-7-14-25-21/h2,4-9,11-15H,1,3,10,16-18H2. The molecule has 0 saturated carbocycles. The number of Topliss-reactive ketones (excluding diaryl/α,β-unsaturated/α-hetero) is 1. The fraction of sp³-hybridized carbons (Fsp3) is 0.217. The molecule has 3 heterocycles. The van der Waals surface area contributed by atoms with Crippen LogP contribution in [0, 0.1) is 0 Å². The summed E-state index contributed by atoms with van der Waals surface area (Å²) in [5.74, 6) is 0.0952. The van der Waals surface area contributed by atoms with Crippen LogP contribution in [-0.4, -0.2) is 25.6 Å². The summed E-state index contributed by atoms with van der Waals surface area (Å²) in [6.07, 6.45) is 8.18. The van der Waals surface area contributed by atoms with Crippen LogP contribution >= 0.6 is 0 Å². The number of pyridine rings is 3. The fourth-order valence-corrected chi connectivity index (χ4v) is 2.90. The van der Waals surface area contributed by atoms with Gasteiger partial charge in [0.25, 0.3) is 0 Å². The van der Waals surface area contributed by atoms with Crippen LogP contribution in [-0.2, 0) is 19.6 Å². The lowest BCUT2D eigenvalue weighted by atomic mass is 10.1. The van der Waals surface area contributed by atoms with E-state index in [1.807, 2.05) is 48.5 Å². The van der Waals surface area contributed by atoms with Gasteiger partial charge in [-0.15, -0.1) is 6.58 Å². The monoisotopic (exact) mass is 372 g/mol. The molecule has 0 aromatic carbocycles. The van der Waals surface area contributed by atoms with Crippen LogP contribution < -0.4 is 0 Å². The molecule has 0 aliphatic rings. The van der Waals surface area contributed by atoms with E-state index in [9.17, 15) is 4.79 Å². The van der Waals surface area contributed by atoms with Crippen LogP contribution in [0.5, 0.6) is 0 Å². The molecule has 5 nitrogen and oxygen atoms in total. The molecule has 0 radical (unpaired) electrons. The maximum absolute atomic E-state index is 12.1. The molecule has 0 spiro atoms. The summed E-state index contributed by atoms with van der Waals surface area (Å²) in [5, 5.41) is 0. The Morgan fingerprint density at radius 3 is 1.93 bits per heavy atom. The maximum atomic E-state index is 12.1. The zero-order chi connectivity index (χ0) is 19.6. The third kappa shape index (κ3) is 5.93. The van der Waals surface area contributed by atoms with Crippen molar-refractivity contribution in [2.45, 2.75) is 32.5 Å². The highest BCUT2D eigenvalue weighted by Crippen LogP contribution is 2.12. The molecule has 0 amide bonds. The largest absolute Gasteiger partial charge is 0.294 e. The number of allylic oxidation sites excluding steroid dienone is 1. The number of carbonyl (C=O) groups is 1. The number of carbonyl (C=O) groups excluding carboxylic acids is 1. The second kappa shape index (κ2) is 10.2. The first-order valence-corrected chi connectivity index (χ1v) is 9.36. The van der Waals surface area contributed by atoms with E-state index >= 15 is 0 Å². The summed E-state index contributed by atoms with van der Waals surface area (Å²) in [4.78, 5) is 27.7. The van der Waals surface area contributed by atoms with Crippen molar-refractivity contribution in [2.24, 2.45) is 0 Å². The van der Waals surface area contributed by atoms with Gasteiger partial charge in [0.1, 0.15) is 0 Å². The maximum Gasteiger partial charge on any atom is 0.164 e. The second-order valence-corrected chi connectivity index (χ2v) is 6.58. The summed E-state index contributed by atoms with van der Waals surface area (Å²) < 4.78 is 0. The summed E-state index contributed by atoms with van der Waals surface area (Å²) in [6, 6.07) is 15.6. The van der Waals surface area contributed by atoms with E-state index in [0.717, 1.165) is 17.1 Å². The van der Waals surface area contributed by atoms with E-state index < -0.39 is 0 Å². The Labute approximate surface area is 165 Å². The molecule has 3 aromatic heterocycles. The van der Waals surface area contributed by atoms with Crippen molar-refractivity contribution in [3.8, 4) is 0 Å². The summed E-state index contributed by atoms with van der Waals surface area (Å²) in [5.41, 5.74) is 3.54. The van der Waals surface area contributed by atoms with E-state index in [2.05, 4.69) is 26.4 Å². The molecular formula is C23H24N4O. The van der Waals surface area contributed by atoms with Gasteiger partial charge in [-0.05, 0) is 42.8 Å². The molecule has 0 aliphatic carbocycles. The highest BCUT2D eigenvalue weighted by molar-refractivity contribution is 5.95. The molecular weight excluding hydrogens is 348 g/mol. The fourth-order valence-electron chi connectivity index (χ4n) is 2.90. The Bertz CT molecular complexity index is 838. The minimum Gasteiger partial charge on any atom is -0.294 e. The average molecular weight is 372 g/mol. The van der Waals surface area contributed by atoms with E-state index in [4.69, 9.17) is 0 Å². The van der Waals surface area contributed by atoms with E-state index in [-0.39, 0.29) is 5.78 Å². The van der Waals surface area contributed by atoms with E-state index in [1.54, 1.807) is 24.7 Å². The smallest absolute Gasteiger partial charge is 0.164 e. The lowest BCUT2D eigenvalue weighted by Gasteiger charge is -2.21. The predicted molar refractivity (Wildman–Crippen MR) is 109 cm³/mol. The van der Waals surface area contributed by atoms with Crippen LogP contribution in [0.2, 0.25) is 0 Å². The summed E-state index contributed by atoms with van der Waals surface area (Å²) >= 11 is 0. The number of nitrogens with zero attached hydrogens (tertiary/aromatic N) is 4. The van der Waals surface area contributed by atoms with Gasteiger partial charge in [0.05, 0.1) is 17.1 Å². The van der Waals surface area contributed by atoms with Gasteiger partial charge in [0.2, 0.25) is 0 Å². The number of ketones is 1. The normalized spacial score (nSPS) is 10.8. The SMILES string of the molecule is C=CCCC(=O)c1ccc(CN(Cc2ccccn2)Cc2ccccn2)nc1. The zero-order valence-electron chi connectivity index (χ0n) is 15.9. The Kier molecular flexibility index (Phi) is 7.15. The van der Waals surface area contributed by atoms with Crippen molar-refractivity contribution in [1.29, 1.82) is 0 Å². The van der Waals surface area contributed by atoms with Crippen molar-refractivity contribution in [3.05, 3.63) is 102 Å². The molecule has 0 fully saturated rings. The molecule has 142 valence electrons. The van der Waals surface area contributed by atoms with Gasteiger partial charge in [-0.1, -0.05) is 18.2 Å². The molecule has 0 bridgehead atoms. The van der Waals surface area contributed by atoms with Crippen LogP contribution in [0.15, 0.2) is 79.8 Å². The van der Waals surface area contributed by atoms with Crippen LogP contribution in [0.1, 0.15) is 40.3 Å². The highest BCUT2D eigenvalue weighted by Gasteiger charge is 2.12. The highest BCUT2D eigenvalue weighted by atomic mass is 16.1. The quantitative estimate of drug-likeness (QED) is 0.394. The van der Waals surface area contributed by atoms with Crippen molar-refractivity contribution < 1.29 is 4.79 Å². The van der Waals surface area contributed by atoms with E-state index in [1.165, 1.54) is 0 Å². The number of rotatable bonds is 10. The van der Waals surface area contributed by atoms with Gasteiger partial charge in [-0.3, -0.25) is 24.6 Å². The van der Waals surface area contributed by atoms with Gasteiger partial charge < -0.3 is 0 Å². The Morgan fingerprint density at radius 2 is 1.46 bits per heavy atom. The molecule has 5 heteroatoms. The minimum absolute atomic E-state index is 0.0952. The van der Waals surface area contributed by atoms with Gasteiger partial charge in [-0.25, -0.2) is 0 Å².